The van der Waals surface area contributed by atoms with Gasteiger partial charge in [0.25, 0.3) is 0 Å². The smallest absolute Gasteiger partial charge is 0.248 e. The van der Waals surface area contributed by atoms with E-state index >= 15 is 0 Å². The van der Waals surface area contributed by atoms with Crippen molar-refractivity contribution < 1.29 is 4.79 Å². The standard InChI is InChI=1S/C18H20N2O/c1-2-12-9-14(18(19)21)7-8-16(12)17-10-13-5-3-4-6-15(13)11-20-17/h3-9,17,20H,2,10-11H2,1H3,(H2,19,21). The first-order valence-electron chi connectivity index (χ1n) is 7.42. The Morgan fingerprint density at radius 2 is 2.00 bits per heavy atom. The number of benzene rings is 2. The second kappa shape index (κ2) is 5.70. The fourth-order valence-corrected chi connectivity index (χ4v) is 3.08. The van der Waals surface area contributed by atoms with Crippen LogP contribution in [0, 0.1) is 0 Å². The minimum Gasteiger partial charge on any atom is -0.366 e. The zero-order valence-corrected chi connectivity index (χ0v) is 12.2. The number of rotatable bonds is 3. The van der Waals surface area contributed by atoms with Gasteiger partial charge < -0.3 is 11.1 Å². The van der Waals surface area contributed by atoms with Gasteiger partial charge >= 0.3 is 0 Å². The lowest BCUT2D eigenvalue weighted by atomic mass is 9.88. The van der Waals surface area contributed by atoms with Crippen LogP contribution in [0.5, 0.6) is 0 Å². The lowest BCUT2D eigenvalue weighted by Gasteiger charge is -2.28. The Labute approximate surface area is 125 Å². The summed E-state index contributed by atoms with van der Waals surface area (Å²) in [6.45, 7) is 3.00. The molecule has 3 rings (SSSR count). The summed E-state index contributed by atoms with van der Waals surface area (Å²) in [5.41, 5.74) is 11.2. The molecule has 2 aromatic carbocycles. The average Bonchev–Trinajstić information content (AvgIpc) is 2.53. The molecule has 0 aromatic heterocycles. The van der Waals surface area contributed by atoms with E-state index in [4.69, 9.17) is 5.73 Å². The molecule has 1 unspecified atom stereocenters. The third kappa shape index (κ3) is 2.69. The van der Waals surface area contributed by atoms with E-state index in [1.165, 1.54) is 22.3 Å². The fraction of sp³-hybridized carbons (Fsp3) is 0.278. The van der Waals surface area contributed by atoms with Crippen LogP contribution in [0.2, 0.25) is 0 Å². The topological polar surface area (TPSA) is 55.1 Å². The monoisotopic (exact) mass is 280 g/mol. The Kier molecular flexibility index (Phi) is 3.76. The highest BCUT2D eigenvalue weighted by molar-refractivity contribution is 5.93. The minimum atomic E-state index is -0.363. The Morgan fingerprint density at radius 1 is 1.24 bits per heavy atom. The van der Waals surface area contributed by atoms with Crippen molar-refractivity contribution in [2.24, 2.45) is 5.73 Å². The predicted octanol–water partition coefficient (Wildman–Crippen LogP) is 2.73. The van der Waals surface area contributed by atoms with Crippen molar-refractivity contribution >= 4 is 5.91 Å². The maximum Gasteiger partial charge on any atom is 0.248 e. The van der Waals surface area contributed by atoms with Gasteiger partial charge in [0, 0.05) is 18.2 Å². The zero-order chi connectivity index (χ0) is 14.8. The Hall–Kier alpha value is -2.13. The van der Waals surface area contributed by atoms with Crippen LogP contribution in [0.3, 0.4) is 0 Å². The first-order valence-corrected chi connectivity index (χ1v) is 7.42. The minimum absolute atomic E-state index is 0.303. The average molecular weight is 280 g/mol. The Bertz CT molecular complexity index is 679. The third-order valence-corrected chi connectivity index (χ3v) is 4.27. The van der Waals surface area contributed by atoms with Crippen molar-refractivity contribution in [1.82, 2.24) is 5.32 Å². The molecule has 1 aliphatic heterocycles. The second-order valence-corrected chi connectivity index (χ2v) is 5.54. The normalized spacial score (nSPS) is 17.3. The van der Waals surface area contributed by atoms with Crippen molar-refractivity contribution in [2.75, 3.05) is 0 Å². The van der Waals surface area contributed by atoms with Crippen molar-refractivity contribution in [1.29, 1.82) is 0 Å². The molecule has 0 saturated heterocycles. The second-order valence-electron chi connectivity index (χ2n) is 5.54. The summed E-state index contributed by atoms with van der Waals surface area (Å²) in [6.07, 6.45) is 1.88. The number of carbonyl (C=O) groups excluding carboxylic acids is 1. The highest BCUT2D eigenvalue weighted by Gasteiger charge is 2.21. The van der Waals surface area contributed by atoms with Gasteiger partial charge in [-0.05, 0) is 47.2 Å². The molecule has 3 N–H and O–H groups in total. The highest BCUT2D eigenvalue weighted by atomic mass is 16.1. The predicted molar refractivity (Wildman–Crippen MR) is 84.1 cm³/mol. The molecule has 0 radical (unpaired) electrons. The molecule has 0 aliphatic carbocycles. The van der Waals surface area contributed by atoms with Gasteiger partial charge in [-0.2, -0.15) is 0 Å². The maximum atomic E-state index is 11.3. The van der Waals surface area contributed by atoms with Gasteiger partial charge in [-0.1, -0.05) is 37.3 Å². The number of carbonyl (C=O) groups is 1. The molecule has 0 fully saturated rings. The summed E-state index contributed by atoms with van der Waals surface area (Å²) in [5, 5.41) is 3.60. The fourth-order valence-electron chi connectivity index (χ4n) is 3.08. The van der Waals surface area contributed by atoms with Gasteiger partial charge in [0.2, 0.25) is 5.91 Å². The quantitative estimate of drug-likeness (QED) is 0.908. The van der Waals surface area contributed by atoms with Crippen LogP contribution in [0.1, 0.15) is 45.6 Å². The number of primary amides is 1. The summed E-state index contributed by atoms with van der Waals surface area (Å²) in [6, 6.07) is 14.7. The van der Waals surface area contributed by atoms with Crippen LogP contribution >= 0.6 is 0 Å². The van der Waals surface area contributed by atoms with E-state index < -0.39 is 0 Å². The molecular weight excluding hydrogens is 260 g/mol. The van der Waals surface area contributed by atoms with Crippen LogP contribution in [-0.4, -0.2) is 5.91 Å². The lowest BCUT2D eigenvalue weighted by molar-refractivity contribution is 0.1000. The molecule has 21 heavy (non-hydrogen) atoms. The van der Waals surface area contributed by atoms with E-state index in [1.807, 2.05) is 18.2 Å². The van der Waals surface area contributed by atoms with Crippen molar-refractivity contribution in [2.45, 2.75) is 32.4 Å². The van der Waals surface area contributed by atoms with Gasteiger partial charge in [0.15, 0.2) is 0 Å². The summed E-state index contributed by atoms with van der Waals surface area (Å²) in [5.74, 6) is -0.363. The van der Waals surface area contributed by atoms with Crippen molar-refractivity contribution in [3.05, 3.63) is 70.3 Å². The summed E-state index contributed by atoms with van der Waals surface area (Å²) >= 11 is 0. The Morgan fingerprint density at radius 3 is 2.71 bits per heavy atom. The van der Waals surface area contributed by atoms with Crippen LogP contribution in [0.25, 0.3) is 0 Å². The largest absolute Gasteiger partial charge is 0.366 e. The maximum absolute atomic E-state index is 11.3. The molecule has 0 spiro atoms. The van der Waals surface area contributed by atoms with Gasteiger partial charge in [-0.3, -0.25) is 4.79 Å². The van der Waals surface area contributed by atoms with E-state index in [1.54, 1.807) is 0 Å². The van der Waals surface area contributed by atoms with E-state index in [2.05, 4.69) is 36.5 Å². The number of fused-ring (bicyclic) bond motifs is 1. The van der Waals surface area contributed by atoms with Crippen LogP contribution in [0.15, 0.2) is 42.5 Å². The number of nitrogens with one attached hydrogen (secondary N) is 1. The van der Waals surface area contributed by atoms with Gasteiger partial charge in [0.05, 0.1) is 0 Å². The van der Waals surface area contributed by atoms with Crippen LogP contribution in [-0.2, 0) is 19.4 Å². The number of hydrogen-bond acceptors (Lipinski definition) is 2. The number of aryl methyl sites for hydroxylation is 1. The number of nitrogens with two attached hydrogens (primary N) is 1. The first-order chi connectivity index (χ1) is 10.2. The van der Waals surface area contributed by atoms with Crippen molar-refractivity contribution in [3.63, 3.8) is 0 Å². The van der Waals surface area contributed by atoms with E-state index in [-0.39, 0.29) is 5.91 Å². The SMILES string of the molecule is CCc1cc(C(N)=O)ccc1C1Cc2ccccc2CN1. The van der Waals surface area contributed by atoms with E-state index in [0.29, 0.717) is 11.6 Å². The molecule has 108 valence electrons. The van der Waals surface area contributed by atoms with Gasteiger partial charge in [0.1, 0.15) is 0 Å². The lowest BCUT2D eigenvalue weighted by Crippen LogP contribution is -2.29. The molecule has 1 aliphatic rings. The molecule has 0 saturated carbocycles. The molecule has 0 bridgehead atoms. The summed E-state index contributed by atoms with van der Waals surface area (Å²) in [7, 11) is 0. The number of hydrogen-bond donors (Lipinski definition) is 2. The summed E-state index contributed by atoms with van der Waals surface area (Å²) < 4.78 is 0. The first kappa shape index (κ1) is 13.8. The highest BCUT2D eigenvalue weighted by Crippen LogP contribution is 2.28. The molecule has 1 atom stereocenters. The molecular formula is C18H20N2O. The van der Waals surface area contributed by atoms with Gasteiger partial charge in [-0.25, -0.2) is 0 Å². The molecule has 1 heterocycles. The third-order valence-electron chi connectivity index (χ3n) is 4.27. The van der Waals surface area contributed by atoms with E-state index in [9.17, 15) is 4.79 Å². The Balaban J connectivity index is 1.93. The van der Waals surface area contributed by atoms with Crippen molar-refractivity contribution in [3.8, 4) is 0 Å². The molecule has 3 nitrogen and oxygen atoms in total. The molecule has 3 heteroatoms. The summed E-state index contributed by atoms with van der Waals surface area (Å²) in [4.78, 5) is 11.3. The molecule has 2 aromatic rings. The molecule has 1 amide bonds. The van der Waals surface area contributed by atoms with E-state index in [0.717, 1.165) is 19.4 Å². The number of amides is 1. The van der Waals surface area contributed by atoms with Gasteiger partial charge in [-0.15, -0.1) is 0 Å². The van der Waals surface area contributed by atoms with Crippen LogP contribution < -0.4 is 11.1 Å². The van der Waals surface area contributed by atoms with Crippen LogP contribution in [0.4, 0.5) is 0 Å². The zero-order valence-electron chi connectivity index (χ0n) is 12.2.